The Hall–Kier alpha value is -3.60. The number of carbonyl (C=O) groups excluding carboxylic acids is 1. The third-order valence-corrected chi connectivity index (χ3v) is 4.56. The number of amides is 1. The lowest BCUT2D eigenvalue weighted by atomic mass is 9.96. The van der Waals surface area contributed by atoms with Gasteiger partial charge in [-0.15, -0.1) is 0 Å². The molecule has 140 valence electrons. The molecule has 3 aromatic carbocycles. The monoisotopic (exact) mass is 371 g/mol. The minimum absolute atomic E-state index is 0.130. The van der Waals surface area contributed by atoms with Crippen molar-refractivity contribution in [3.63, 3.8) is 0 Å². The van der Waals surface area contributed by atoms with Crippen LogP contribution in [0.5, 0.6) is 5.75 Å². The second-order valence-electron chi connectivity index (χ2n) is 6.53. The molecule has 0 radical (unpaired) electrons. The van der Waals surface area contributed by atoms with Crippen molar-refractivity contribution in [3.8, 4) is 5.75 Å². The van der Waals surface area contributed by atoms with Gasteiger partial charge in [-0.05, 0) is 29.8 Å². The van der Waals surface area contributed by atoms with E-state index >= 15 is 0 Å². The van der Waals surface area contributed by atoms with Crippen LogP contribution in [0.1, 0.15) is 23.7 Å². The zero-order valence-corrected chi connectivity index (χ0v) is 15.3. The minimum Gasteiger partial charge on any atom is -0.485 e. The Labute approximate surface area is 164 Å². The first kappa shape index (κ1) is 17.8. The van der Waals surface area contributed by atoms with Crippen molar-refractivity contribution in [2.45, 2.75) is 12.5 Å². The molecule has 3 aromatic rings. The van der Waals surface area contributed by atoms with Gasteiger partial charge in [0.25, 0.3) is 5.91 Å². The summed E-state index contributed by atoms with van der Waals surface area (Å²) < 4.78 is 6.15. The highest BCUT2D eigenvalue weighted by Gasteiger charge is 2.26. The van der Waals surface area contributed by atoms with Crippen LogP contribution >= 0.6 is 0 Å². The predicted molar refractivity (Wildman–Crippen MR) is 110 cm³/mol. The first-order valence-electron chi connectivity index (χ1n) is 9.25. The molecular formula is C23H21N3O2. The first-order chi connectivity index (χ1) is 13.8. The summed E-state index contributed by atoms with van der Waals surface area (Å²) in [5.74, 6) is 0.578. The summed E-state index contributed by atoms with van der Waals surface area (Å²) in [6.45, 7) is 0.154. The molecule has 0 saturated heterocycles. The first-order valence-corrected chi connectivity index (χ1v) is 9.25. The van der Waals surface area contributed by atoms with E-state index in [2.05, 4.69) is 15.8 Å². The van der Waals surface area contributed by atoms with E-state index in [9.17, 15) is 4.79 Å². The Balaban J connectivity index is 1.48. The molecular weight excluding hydrogens is 350 g/mol. The van der Waals surface area contributed by atoms with Crippen molar-refractivity contribution in [3.05, 3.63) is 96.1 Å². The van der Waals surface area contributed by atoms with Crippen molar-refractivity contribution in [2.24, 2.45) is 5.10 Å². The number of nitrogens with one attached hydrogen (secondary N) is 2. The summed E-state index contributed by atoms with van der Waals surface area (Å²) in [7, 11) is 0. The molecule has 1 heterocycles. The molecule has 0 aliphatic carbocycles. The summed E-state index contributed by atoms with van der Waals surface area (Å²) in [6.07, 6.45) is 0.460. The van der Waals surface area contributed by atoms with Crippen LogP contribution < -0.4 is 15.5 Å². The van der Waals surface area contributed by atoms with E-state index < -0.39 is 0 Å². The summed E-state index contributed by atoms with van der Waals surface area (Å²) in [5, 5.41) is 7.49. The molecule has 28 heavy (non-hydrogen) atoms. The van der Waals surface area contributed by atoms with E-state index in [4.69, 9.17) is 4.74 Å². The predicted octanol–water partition coefficient (Wildman–Crippen LogP) is 4.14. The van der Waals surface area contributed by atoms with Gasteiger partial charge in [-0.1, -0.05) is 60.7 Å². The number of fused-ring (bicyclic) bond motifs is 1. The molecule has 4 rings (SSSR count). The zero-order chi connectivity index (χ0) is 19.2. The smallest absolute Gasteiger partial charge is 0.259 e. The molecule has 1 amide bonds. The molecule has 0 fully saturated rings. The van der Waals surface area contributed by atoms with Crippen molar-refractivity contribution < 1.29 is 9.53 Å². The minimum atomic E-state index is -0.198. The van der Waals surface area contributed by atoms with Crippen LogP contribution in [-0.2, 0) is 4.79 Å². The van der Waals surface area contributed by atoms with Gasteiger partial charge in [0.05, 0.1) is 12.3 Å². The van der Waals surface area contributed by atoms with Crippen LogP contribution in [0.2, 0.25) is 0 Å². The number of hydrazone groups is 1. The third-order valence-electron chi connectivity index (χ3n) is 4.56. The van der Waals surface area contributed by atoms with Gasteiger partial charge in [-0.3, -0.25) is 4.79 Å². The van der Waals surface area contributed by atoms with Crippen LogP contribution in [-0.4, -0.2) is 18.2 Å². The Bertz CT molecular complexity index is 971. The Morgan fingerprint density at radius 2 is 1.61 bits per heavy atom. The quantitative estimate of drug-likeness (QED) is 0.663. The lowest BCUT2D eigenvalue weighted by Gasteiger charge is -2.27. The second-order valence-corrected chi connectivity index (χ2v) is 6.53. The highest BCUT2D eigenvalue weighted by molar-refractivity contribution is 6.04. The molecule has 5 heteroatoms. The lowest BCUT2D eigenvalue weighted by molar-refractivity contribution is -0.119. The molecule has 1 atom stereocenters. The Kier molecular flexibility index (Phi) is 5.33. The van der Waals surface area contributed by atoms with Gasteiger partial charge in [0, 0.05) is 17.7 Å². The van der Waals surface area contributed by atoms with Crippen molar-refractivity contribution in [1.82, 2.24) is 5.43 Å². The van der Waals surface area contributed by atoms with Crippen molar-refractivity contribution in [2.75, 3.05) is 11.9 Å². The van der Waals surface area contributed by atoms with Crippen molar-refractivity contribution in [1.29, 1.82) is 0 Å². The molecule has 0 bridgehead atoms. The molecule has 0 spiro atoms. The van der Waals surface area contributed by atoms with Gasteiger partial charge in [0.2, 0.25) is 0 Å². The normalized spacial score (nSPS) is 16.7. The summed E-state index contributed by atoms with van der Waals surface area (Å²) in [4.78, 5) is 12.2. The molecule has 2 N–H and O–H groups in total. The van der Waals surface area contributed by atoms with Crippen molar-refractivity contribution >= 4 is 17.3 Å². The number of nitrogens with zero attached hydrogens (tertiary/aromatic N) is 1. The third kappa shape index (κ3) is 4.20. The maximum Gasteiger partial charge on any atom is 0.259 e. The van der Waals surface area contributed by atoms with E-state index in [0.717, 1.165) is 28.3 Å². The van der Waals surface area contributed by atoms with E-state index in [1.54, 1.807) is 0 Å². The van der Waals surface area contributed by atoms with Gasteiger partial charge in [-0.25, -0.2) is 5.43 Å². The zero-order valence-electron chi connectivity index (χ0n) is 15.3. The number of ether oxygens (including phenoxy) is 1. The highest BCUT2D eigenvalue weighted by Crippen LogP contribution is 2.34. The number of hydrogen-bond donors (Lipinski definition) is 2. The van der Waals surface area contributed by atoms with Crippen LogP contribution in [0, 0.1) is 0 Å². The lowest BCUT2D eigenvalue weighted by Crippen LogP contribution is -2.29. The number of carbonyl (C=O) groups is 1. The number of para-hydroxylation sites is 2. The standard InChI is InChI=1S/C23H21N3O2/c27-23(16-24-18-11-5-2-6-12-18)26-25-20-15-22(17-9-3-1-4-10-17)28-21-14-8-7-13-19(20)21/h1-14,22,24H,15-16H2,(H,26,27)/b25-20+. The molecule has 1 aliphatic heterocycles. The van der Waals surface area contributed by atoms with Crippen LogP contribution in [0.4, 0.5) is 5.69 Å². The highest BCUT2D eigenvalue weighted by atomic mass is 16.5. The number of anilines is 1. The Morgan fingerprint density at radius 1 is 0.929 bits per heavy atom. The fourth-order valence-electron chi connectivity index (χ4n) is 3.16. The second kappa shape index (κ2) is 8.39. The molecule has 0 aromatic heterocycles. The van der Waals surface area contributed by atoms with Gasteiger partial charge >= 0.3 is 0 Å². The van der Waals surface area contributed by atoms with Crippen LogP contribution in [0.25, 0.3) is 0 Å². The van der Waals surface area contributed by atoms with Gasteiger partial charge < -0.3 is 10.1 Å². The topological polar surface area (TPSA) is 62.7 Å². The Morgan fingerprint density at radius 3 is 2.39 bits per heavy atom. The average molecular weight is 371 g/mol. The largest absolute Gasteiger partial charge is 0.485 e. The summed E-state index contributed by atoms with van der Waals surface area (Å²) >= 11 is 0. The fourth-order valence-corrected chi connectivity index (χ4v) is 3.16. The maximum absolute atomic E-state index is 12.2. The summed E-state index contributed by atoms with van der Waals surface area (Å²) in [5.41, 5.74) is 6.36. The number of rotatable bonds is 5. The van der Waals surface area contributed by atoms with E-state index in [1.165, 1.54) is 0 Å². The average Bonchev–Trinajstić information content (AvgIpc) is 2.77. The fraction of sp³-hybridized carbons (Fsp3) is 0.130. The summed E-state index contributed by atoms with van der Waals surface area (Å²) in [6, 6.07) is 27.4. The van der Waals surface area contributed by atoms with E-state index in [-0.39, 0.29) is 18.6 Å². The molecule has 5 nitrogen and oxygen atoms in total. The van der Waals surface area contributed by atoms with Gasteiger partial charge in [-0.2, -0.15) is 5.10 Å². The van der Waals surface area contributed by atoms with Gasteiger partial charge in [0.15, 0.2) is 0 Å². The van der Waals surface area contributed by atoms with E-state index in [0.29, 0.717) is 6.42 Å². The molecule has 1 aliphatic rings. The number of hydrogen-bond acceptors (Lipinski definition) is 4. The SMILES string of the molecule is O=C(CNc1ccccc1)N/N=C1\CC(c2ccccc2)Oc2ccccc21. The van der Waals surface area contributed by atoms with Crippen LogP contribution in [0.15, 0.2) is 90.0 Å². The van der Waals surface area contributed by atoms with E-state index in [1.807, 2.05) is 84.9 Å². The van der Waals surface area contributed by atoms with Crippen LogP contribution in [0.3, 0.4) is 0 Å². The molecule has 0 saturated carbocycles. The number of benzene rings is 3. The molecule has 1 unspecified atom stereocenters. The maximum atomic E-state index is 12.2. The van der Waals surface area contributed by atoms with Gasteiger partial charge in [0.1, 0.15) is 11.9 Å².